The van der Waals surface area contributed by atoms with Crippen molar-refractivity contribution >= 4 is 18.0 Å². The van der Waals surface area contributed by atoms with Crippen LogP contribution in [0.25, 0.3) is 0 Å². The van der Waals surface area contributed by atoms with E-state index in [1.807, 2.05) is 11.9 Å². The number of carbonyl (C=O) groups is 1. The maximum Gasteiger partial charge on any atom is 0.246 e. The number of aliphatic hydroxyl groups is 2. The molecule has 1 aliphatic rings. The second-order valence-corrected chi connectivity index (χ2v) is 4.48. The van der Waals surface area contributed by atoms with Crippen LogP contribution >= 0.6 is 11.8 Å². The molecule has 0 aliphatic carbocycles. The van der Waals surface area contributed by atoms with E-state index in [0.29, 0.717) is 19.4 Å². The molecular weight excluding hydrogens is 204 g/mol. The van der Waals surface area contributed by atoms with Gasteiger partial charge in [0.25, 0.3) is 0 Å². The first-order chi connectivity index (χ1) is 6.59. The Labute approximate surface area is 86.8 Å². The summed E-state index contributed by atoms with van der Waals surface area (Å²) in [6.45, 7) is 1.27. The fourth-order valence-corrected chi connectivity index (χ4v) is 2.06. The molecule has 0 radical (unpaired) electrons. The zero-order valence-corrected chi connectivity index (χ0v) is 8.75. The molecule has 0 fully saturated rings. The smallest absolute Gasteiger partial charge is 0.246 e. The lowest BCUT2D eigenvalue weighted by atomic mass is 10.5. The van der Waals surface area contributed by atoms with Gasteiger partial charge in [0.05, 0.1) is 6.61 Å². The van der Waals surface area contributed by atoms with Gasteiger partial charge in [-0.25, -0.2) is 0 Å². The Balaban J connectivity index is 2.38. The maximum absolute atomic E-state index is 10.5. The minimum Gasteiger partial charge on any atom is -0.395 e. The number of aliphatic hydroxyl groups excluding tert-OH is 1. The topological polar surface area (TPSA) is 72.8 Å². The van der Waals surface area contributed by atoms with E-state index in [4.69, 9.17) is 5.11 Å². The summed E-state index contributed by atoms with van der Waals surface area (Å²) in [5, 5.41) is 19.2. The summed E-state index contributed by atoms with van der Waals surface area (Å²) in [5.41, 5.74) is 0. The number of hydrogen-bond acceptors (Lipinski definition) is 6. The third kappa shape index (κ3) is 2.98. The highest BCUT2D eigenvalue weighted by Crippen LogP contribution is 2.31. The molecule has 14 heavy (non-hydrogen) atoms. The van der Waals surface area contributed by atoms with E-state index in [1.54, 1.807) is 6.20 Å². The predicted molar refractivity (Wildman–Crippen MR) is 54.4 cm³/mol. The molecule has 0 amide bonds. The molecule has 0 saturated heterocycles. The van der Waals surface area contributed by atoms with Gasteiger partial charge in [0.15, 0.2) is 6.29 Å². The van der Waals surface area contributed by atoms with E-state index < -0.39 is 5.06 Å². The zero-order valence-electron chi connectivity index (χ0n) is 7.93. The van der Waals surface area contributed by atoms with Crippen molar-refractivity contribution in [3.63, 3.8) is 0 Å². The van der Waals surface area contributed by atoms with Gasteiger partial charge in [-0.1, -0.05) is 11.8 Å². The van der Waals surface area contributed by atoms with Gasteiger partial charge in [0, 0.05) is 24.2 Å². The third-order valence-electron chi connectivity index (χ3n) is 1.79. The highest BCUT2D eigenvalue weighted by Gasteiger charge is 2.32. The minimum absolute atomic E-state index is 0.0970. The summed E-state index contributed by atoms with van der Waals surface area (Å²) in [6, 6.07) is 0. The molecular formula is C8H14N2O3S. The number of rotatable bonds is 5. The molecule has 1 aliphatic heterocycles. The van der Waals surface area contributed by atoms with Crippen molar-refractivity contribution in [1.82, 2.24) is 10.2 Å². The highest BCUT2D eigenvalue weighted by atomic mass is 32.2. The van der Waals surface area contributed by atoms with E-state index in [0.717, 1.165) is 16.7 Å². The fraction of sp³-hybridized carbons (Fsp3) is 0.625. The van der Waals surface area contributed by atoms with Crippen molar-refractivity contribution in [3.05, 3.63) is 11.1 Å². The fourth-order valence-electron chi connectivity index (χ4n) is 1.09. The van der Waals surface area contributed by atoms with Crippen molar-refractivity contribution in [3.8, 4) is 0 Å². The molecule has 1 rings (SSSR count). The average Bonchev–Trinajstić information content (AvgIpc) is 2.49. The molecule has 6 heteroatoms. The van der Waals surface area contributed by atoms with Crippen LogP contribution in [0.3, 0.4) is 0 Å². The Bertz CT molecular complexity index is 247. The Morgan fingerprint density at radius 2 is 2.50 bits per heavy atom. The summed E-state index contributed by atoms with van der Waals surface area (Å²) >= 11 is 1.08. The first-order valence-electron chi connectivity index (χ1n) is 4.23. The van der Waals surface area contributed by atoms with Crippen LogP contribution in [-0.4, -0.2) is 53.2 Å². The van der Waals surface area contributed by atoms with Crippen LogP contribution in [0.5, 0.6) is 0 Å². The lowest BCUT2D eigenvalue weighted by Crippen LogP contribution is -2.36. The van der Waals surface area contributed by atoms with Gasteiger partial charge >= 0.3 is 0 Å². The molecule has 80 valence electrons. The van der Waals surface area contributed by atoms with E-state index >= 15 is 0 Å². The average molecular weight is 218 g/mol. The minimum atomic E-state index is -1.50. The number of hydrogen-bond donors (Lipinski definition) is 3. The number of nitrogens with zero attached hydrogens (tertiary/aromatic N) is 1. The molecule has 0 aromatic carbocycles. The van der Waals surface area contributed by atoms with Gasteiger partial charge in [-0.05, 0) is 7.05 Å². The van der Waals surface area contributed by atoms with Gasteiger partial charge in [-0.3, -0.25) is 9.69 Å². The van der Waals surface area contributed by atoms with Crippen LogP contribution in [0, 0.1) is 0 Å². The second-order valence-electron chi connectivity index (χ2n) is 3.13. The van der Waals surface area contributed by atoms with Crippen molar-refractivity contribution < 1.29 is 15.0 Å². The number of aldehydes is 1. The first-order valence-corrected chi connectivity index (χ1v) is 5.05. The van der Waals surface area contributed by atoms with Crippen LogP contribution in [-0.2, 0) is 4.79 Å². The molecule has 0 spiro atoms. The Kier molecular flexibility index (Phi) is 3.94. The van der Waals surface area contributed by atoms with Gasteiger partial charge in [0.2, 0.25) is 5.06 Å². The Morgan fingerprint density at radius 3 is 3.00 bits per heavy atom. The number of nitrogens with one attached hydrogen (secondary N) is 1. The third-order valence-corrected chi connectivity index (χ3v) is 2.83. The van der Waals surface area contributed by atoms with Gasteiger partial charge in [0.1, 0.15) is 0 Å². The van der Waals surface area contributed by atoms with Crippen molar-refractivity contribution in [2.24, 2.45) is 0 Å². The lowest BCUT2D eigenvalue weighted by molar-refractivity contribution is -0.117. The van der Waals surface area contributed by atoms with Crippen LogP contribution in [0.4, 0.5) is 0 Å². The van der Waals surface area contributed by atoms with Crippen LogP contribution in [0.1, 0.15) is 0 Å². The Hall–Kier alpha value is -0.560. The second kappa shape index (κ2) is 4.79. The van der Waals surface area contributed by atoms with E-state index in [9.17, 15) is 9.90 Å². The molecule has 1 heterocycles. The van der Waals surface area contributed by atoms with Crippen molar-refractivity contribution in [1.29, 1.82) is 0 Å². The molecule has 5 nitrogen and oxygen atoms in total. The summed E-state index contributed by atoms with van der Waals surface area (Å²) in [6.07, 6.45) is 2.08. The van der Waals surface area contributed by atoms with Crippen molar-refractivity contribution in [2.45, 2.75) is 5.06 Å². The molecule has 1 atom stereocenters. The molecule has 0 saturated carbocycles. The summed E-state index contributed by atoms with van der Waals surface area (Å²) < 4.78 is 0. The normalized spacial score (nSPS) is 26.1. The number of carbonyl (C=O) groups excluding carboxylic acids is 1. The summed E-state index contributed by atoms with van der Waals surface area (Å²) in [4.78, 5) is 13.2. The van der Waals surface area contributed by atoms with Crippen LogP contribution in [0.2, 0.25) is 0 Å². The highest BCUT2D eigenvalue weighted by molar-refractivity contribution is 8.05. The molecule has 0 aromatic heterocycles. The quantitative estimate of drug-likeness (QED) is 0.511. The Morgan fingerprint density at radius 1 is 1.79 bits per heavy atom. The predicted octanol–water partition coefficient (Wildman–Crippen LogP) is -1.07. The molecule has 1 unspecified atom stereocenters. The van der Waals surface area contributed by atoms with E-state index in [-0.39, 0.29) is 6.61 Å². The van der Waals surface area contributed by atoms with Crippen LogP contribution in [0.15, 0.2) is 11.1 Å². The van der Waals surface area contributed by atoms with Gasteiger partial charge < -0.3 is 15.5 Å². The maximum atomic E-state index is 10.5. The van der Waals surface area contributed by atoms with E-state index in [2.05, 4.69) is 5.32 Å². The first kappa shape index (κ1) is 11.5. The molecule has 3 N–H and O–H groups in total. The summed E-state index contributed by atoms with van der Waals surface area (Å²) in [7, 11) is 1.86. The number of likely N-dealkylation sites (N-methyl/N-ethyl adjacent to an activating group) is 1. The van der Waals surface area contributed by atoms with Gasteiger partial charge in [-0.15, -0.1) is 0 Å². The van der Waals surface area contributed by atoms with Crippen molar-refractivity contribution in [2.75, 3.05) is 26.7 Å². The zero-order chi connectivity index (χ0) is 10.6. The monoisotopic (exact) mass is 218 g/mol. The van der Waals surface area contributed by atoms with Crippen LogP contribution < -0.4 is 5.32 Å². The SMILES string of the molecule is CN(CCO)CC1=CNC(O)(C=O)S1. The van der Waals surface area contributed by atoms with E-state index in [1.165, 1.54) is 0 Å². The lowest BCUT2D eigenvalue weighted by Gasteiger charge is -2.17. The standard InChI is InChI=1S/C8H14N2O3S/c1-10(2-3-11)5-7-4-9-8(13,6-12)14-7/h4,6,9,11,13H,2-3,5H2,1H3. The molecule has 0 bridgehead atoms. The molecule has 0 aromatic rings. The van der Waals surface area contributed by atoms with Gasteiger partial charge in [-0.2, -0.15) is 0 Å². The summed E-state index contributed by atoms with van der Waals surface area (Å²) in [5.74, 6) is 0. The largest absolute Gasteiger partial charge is 0.395 e. The number of thioether (sulfide) groups is 1.